The summed E-state index contributed by atoms with van der Waals surface area (Å²) < 4.78 is 0. The monoisotopic (exact) mass is 406 g/mol. The van der Waals surface area contributed by atoms with Crippen LogP contribution < -0.4 is 10.6 Å². The fourth-order valence-electron chi connectivity index (χ4n) is 4.20. The Morgan fingerprint density at radius 1 is 1.00 bits per heavy atom. The highest BCUT2D eigenvalue weighted by molar-refractivity contribution is 5.93. The Morgan fingerprint density at radius 2 is 1.77 bits per heavy atom. The first-order chi connectivity index (χ1) is 14.8. The van der Waals surface area contributed by atoms with Crippen LogP contribution in [-0.4, -0.2) is 30.5 Å². The molecule has 1 aliphatic carbocycles. The molecule has 0 saturated heterocycles. The van der Waals surface area contributed by atoms with Gasteiger partial charge in [0.25, 0.3) is 0 Å². The second-order valence-corrected chi connectivity index (χ2v) is 8.17. The highest BCUT2D eigenvalue weighted by Gasteiger charge is 2.17. The number of unbranched alkanes of at least 4 members (excludes halogenated alkanes) is 4. The Morgan fingerprint density at radius 3 is 2.63 bits per heavy atom. The second-order valence-electron chi connectivity index (χ2n) is 8.17. The topological polar surface area (TPSA) is 58.4 Å². The number of carbonyl (C=O) groups excluding carboxylic acids is 1. The van der Waals surface area contributed by atoms with Gasteiger partial charge in [-0.15, -0.1) is 0 Å². The number of amides is 1. The number of carbonyl (C=O) groups is 1. The molecule has 0 atom stereocenters. The van der Waals surface area contributed by atoms with E-state index in [0.717, 1.165) is 50.7 Å². The standard InChI is InChI=1S/C25H34N4O/c1-26-17-11-16-24(30)27-18-9-3-2-4-10-19-28-25-20-12-5-7-14-22(20)29-23-15-8-6-13-21(23)25/h5,7,12,14H,2-4,6,8-11,13,15-19H2,(H,27,30)(H,28,29). The third-order valence-corrected chi connectivity index (χ3v) is 5.82. The summed E-state index contributed by atoms with van der Waals surface area (Å²) in [6.07, 6.45) is 11.6. The molecule has 1 aromatic carbocycles. The maximum atomic E-state index is 11.6. The van der Waals surface area contributed by atoms with Gasteiger partial charge in [0.05, 0.1) is 5.52 Å². The predicted octanol–water partition coefficient (Wildman–Crippen LogP) is 5.29. The maximum Gasteiger partial charge on any atom is 0.220 e. The lowest BCUT2D eigenvalue weighted by Crippen LogP contribution is -2.24. The summed E-state index contributed by atoms with van der Waals surface area (Å²) in [5.41, 5.74) is 5.15. The van der Waals surface area contributed by atoms with Gasteiger partial charge in [-0.1, -0.05) is 37.5 Å². The summed E-state index contributed by atoms with van der Waals surface area (Å²) in [4.78, 5) is 19.8. The maximum absolute atomic E-state index is 11.6. The zero-order valence-electron chi connectivity index (χ0n) is 18.0. The van der Waals surface area contributed by atoms with Crippen LogP contribution in [0.5, 0.6) is 0 Å². The quantitative estimate of drug-likeness (QED) is 0.372. The summed E-state index contributed by atoms with van der Waals surface area (Å²) in [7, 11) is 0. The molecule has 0 aliphatic heterocycles. The molecule has 1 aliphatic rings. The molecule has 30 heavy (non-hydrogen) atoms. The van der Waals surface area contributed by atoms with Crippen LogP contribution in [0.3, 0.4) is 0 Å². The first-order valence-electron chi connectivity index (χ1n) is 11.5. The van der Waals surface area contributed by atoms with Crippen molar-refractivity contribution >= 4 is 22.5 Å². The number of hydrogen-bond acceptors (Lipinski definition) is 3. The number of para-hydroxylation sites is 1. The molecule has 1 amide bonds. The van der Waals surface area contributed by atoms with Gasteiger partial charge in [-0.2, -0.15) is 0 Å². The average molecular weight is 407 g/mol. The minimum Gasteiger partial charge on any atom is -0.384 e. The summed E-state index contributed by atoms with van der Waals surface area (Å²) in [6, 6.07) is 8.49. The van der Waals surface area contributed by atoms with Crippen molar-refractivity contribution in [1.82, 2.24) is 10.3 Å². The molecule has 0 radical (unpaired) electrons. The number of benzene rings is 1. The number of aryl methyl sites for hydroxylation is 1. The first-order valence-corrected chi connectivity index (χ1v) is 11.5. The lowest BCUT2D eigenvalue weighted by atomic mass is 9.92. The van der Waals surface area contributed by atoms with E-state index in [4.69, 9.17) is 11.6 Å². The molecular weight excluding hydrogens is 372 g/mol. The lowest BCUT2D eigenvalue weighted by Gasteiger charge is -2.21. The van der Waals surface area contributed by atoms with Crippen LogP contribution >= 0.6 is 0 Å². The van der Waals surface area contributed by atoms with Gasteiger partial charge in [0.1, 0.15) is 0 Å². The van der Waals surface area contributed by atoms with Gasteiger partial charge in [-0.05, 0) is 50.2 Å². The van der Waals surface area contributed by atoms with Gasteiger partial charge in [0.15, 0.2) is 0 Å². The molecule has 0 bridgehead atoms. The van der Waals surface area contributed by atoms with Gasteiger partial charge >= 0.3 is 0 Å². The van der Waals surface area contributed by atoms with E-state index in [1.54, 1.807) is 0 Å². The zero-order chi connectivity index (χ0) is 21.0. The molecule has 0 spiro atoms. The molecule has 3 rings (SSSR count). The van der Waals surface area contributed by atoms with Crippen LogP contribution in [0.1, 0.15) is 69.0 Å². The fourth-order valence-corrected chi connectivity index (χ4v) is 4.20. The molecule has 2 aromatic rings. The van der Waals surface area contributed by atoms with Crippen LogP contribution in [0.4, 0.5) is 5.69 Å². The molecule has 5 heteroatoms. The number of nitrogens with zero attached hydrogens (tertiary/aromatic N) is 2. The average Bonchev–Trinajstić information content (AvgIpc) is 2.77. The van der Waals surface area contributed by atoms with E-state index < -0.39 is 0 Å². The minimum absolute atomic E-state index is 0.0794. The number of rotatable bonds is 12. The molecule has 2 N–H and O–H groups in total. The fraction of sp³-hybridized carbons (Fsp3) is 0.560. The van der Waals surface area contributed by atoms with Gasteiger partial charge in [0.2, 0.25) is 12.5 Å². The number of nitrogens with one attached hydrogen (secondary N) is 2. The van der Waals surface area contributed by atoms with Gasteiger partial charge in [-0.3, -0.25) is 9.78 Å². The zero-order valence-corrected chi connectivity index (χ0v) is 18.0. The van der Waals surface area contributed by atoms with E-state index in [1.165, 1.54) is 48.0 Å². The molecular formula is C25H34N4O. The third kappa shape index (κ3) is 6.45. The molecule has 1 aromatic heterocycles. The highest BCUT2D eigenvalue weighted by atomic mass is 16.1. The van der Waals surface area contributed by atoms with E-state index in [9.17, 15) is 4.79 Å². The summed E-state index contributed by atoms with van der Waals surface area (Å²) >= 11 is 0. The van der Waals surface area contributed by atoms with Crippen molar-refractivity contribution in [3.8, 4) is 0 Å². The van der Waals surface area contributed by atoms with Crippen molar-refractivity contribution in [3.05, 3.63) is 46.9 Å². The van der Waals surface area contributed by atoms with Gasteiger partial charge in [-0.25, -0.2) is 6.57 Å². The smallest absolute Gasteiger partial charge is 0.220 e. The van der Waals surface area contributed by atoms with E-state index in [-0.39, 0.29) is 5.91 Å². The van der Waals surface area contributed by atoms with E-state index in [2.05, 4.69) is 39.7 Å². The first kappa shape index (κ1) is 22.1. The number of pyridine rings is 1. The van der Waals surface area contributed by atoms with Crippen LogP contribution in [-0.2, 0) is 17.6 Å². The van der Waals surface area contributed by atoms with Crippen LogP contribution in [0.2, 0.25) is 0 Å². The lowest BCUT2D eigenvalue weighted by molar-refractivity contribution is -0.121. The second kappa shape index (κ2) is 12.2. The van der Waals surface area contributed by atoms with Crippen molar-refractivity contribution in [3.63, 3.8) is 0 Å². The minimum atomic E-state index is 0.0794. The Kier molecular flexibility index (Phi) is 8.96. The number of aromatic nitrogens is 1. The number of anilines is 1. The van der Waals surface area contributed by atoms with E-state index >= 15 is 0 Å². The van der Waals surface area contributed by atoms with Crippen molar-refractivity contribution in [2.75, 3.05) is 25.0 Å². The molecule has 0 saturated carbocycles. The largest absolute Gasteiger partial charge is 0.384 e. The van der Waals surface area contributed by atoms with Gasteiger partial charge < -0.3 is 15.5 Å². The van der Waals surface area contributed by atoms with Crippen LogP contribution in [0.15, 0.2) is 24.3 Å². The molecule has 5 nitrogen and oxygen atoms in total. The third-order valence-electron chi connectivity index (χ3n) is 5.82. The Labute approximate surface area is 180 Å². The van der Waals surface area contributed by atoms with Crippen molar-refractivity contribution in [2.45, 2.75) is 70.6 Å². The Bertz CT molecular complexity index is 871. The van der Waals surface area contributed by atoms with E-state index in [1.807, 2.05) is 0 Å². The predicted molar refractivity (Wildman–Crippen MR) is 124 cm³/mol. The normalized spacial score (nSPS) is 12.9. The van der Waals surface area contributed by atoms with Crippen molar-refractivity contribution < 1.29 is 4.79 Å². The summed E-state index contributed by atoms with van der Waals surface area (Å²) in [5, 5.41) is 7.95. The molecule has 160 valence electrons. The summed E-state index contributed by atoms with van der Waals surface area (Å²) in [5.74, 6) is 0.0794. The SMILES string of the molecule is [C-]#[N+]CCCC(=O)NCCCCCCCNc1c2c(nc3ccccc13)CCCC2. The summed E-state index contributed by atoms with van der Waals surface area (Å²) in [6.45, 7) is 8.92. The molecule has 1 heterocycles. The van der Waals surface area contributed by atoms with Crippen LogP contribution in [0.25, 0.3) is 15.7 Å². The Balaban J connectivity index is 1.35. The number of hydrogen-bond donors (Lipinski definition) is 2. The van der Waals surface area contributed by atoms with Crippen LogP contribution in [0, 0.1) is 6.57 Å². The van der Waals surface area contributed by atoms with Crippen molar-refractivity contribution in [1.29, 1.82) is 0 Å². The Hall–Kier alpha value is -2.61. The molecule has 0 fully saturated rings. The van der Waals surface area contributed by atoms with E-state index in [0.29, 0.717) is 19.4 Å². The highest BCUT2D eigenvalue weighted by Crippen LogP contribution is 2.33. The molecule has 0 unspecified atom stereocenters. The van der Waals surface area contributed by atoms with Gasteiger partial charge in [0, 0.05) is 42.7 Å². The van der Waals surface area contributed by atoms with Crippen molar-refractivity contribution in [2.24, 2.45) is 0 Å². The number of fused-ring (bicyclic) bond motifs is 2.